The Hall–Kier alpha value is -3.44. The van der Waals surface area contributed by atoms with Gasteiger partial charge in [-0.15, -0.1) is 35.1 Å². The van der Waals surface area contributed by atoms with Gasteiger partial charge in [-0.3, -0.25) is 19.4 Å². The van der Waals surface area contributed by atoms with E-state index in [9.17, 15) is 14.4 Å². The van der Waals surface area contributed by atoms with Crippen LogP contribution in [0.2, 0.25) is 0 Å². The number of nitrogens with zero attached hydrogens (tertiary/aromatic N) is 3. The molecular formula is C54H64ClIN4O6S2V2-2. The Morgan fingerprint density at radius 1 is 0.629 bits per heavy atom. The smallest absolute Gasteiger partial charge is 0.160 e. The summed E-state index contributed by atoms with van der Waals surface area (Å²) in [5, 5.41) is 10.5. The molecule has 0 saturated carbocycles. The Morgan fingerprint density at radius 2 is 1.11 bits per heavy atom. The number of unbranched alkanes of at least 4 members (excludes halogenated alkanes) is 2. The van der Waals surface area contributed by atoms with Crippen molar-refractivity contribution < 1.29 is 66.4 Å². The molecule has 2 saturated heterocycles. The van der Waals surface area contributed by atoms with E-state index in [0.717, 1.165) is 125 Å². The monoisotopic (exact) mass is 1190 g/mol. The molecule has 2 radical (unpaired) electrons. The molecule has 374 valence electrons. The van der Waals surface area contributed by atoms with Gasteiger partial charge in [0.05, 0.1) is 13.2 Å². The number of allylic oxidation sites excluding steroid dienone is 2. The zero-order chi connectivity index (χ0) is 45.2. The van der Waals surface area contributed by atoms with Crippen LogP contribution in [-0.2, 0) is 64.3 Å². The summed E-state index contributed by atoms with van der Waals surface area (Å²) in [6.45, 7) is 11.2. The minimum absolute atomic E-state index is 0. The van der Waals surface area contributed by atoms with E-state index < -0.39 is 0 Å². The molecule has 2 aromatic heterocycles. The van der Waals surface area contributed by atoms with Crippen molar-refractivity contribution in [2.45, 2.75) is 38.5 Å². The maximum atomic E-state index is 11.6. The number of hydrogen-bond donors (Lipinski definition) is 1. The van der Waals surface area contributed by atoms with Crippen molar-refractivity contribution >= 4 is 119 Å². The number of carbonyl (C=O) groups is 3. The molecule has 0 spiro atoms. The van der Waals surface area contributed by atoms with Crippen LogP contribution in [0.4, 0.5) is 11.4 Å². The van der Waals surface area contributed by atoms with Gasteiger partial charge in [-0.25, -0.2) is 0 Å². The van der Waals surface area contributed by atoms with Crippen LogP contribution in [-0.4, -0.2) is 100 Å². The average molecular weight is 1190 g/mol. The van der Waals surface area contributed by atoms with Gasteiger partial charge in [-0.05, 0) is 132 Å². The van der Waals surface area contributed by atoms with Crippen molar-refractivity contribution in [3.05, 3.63) is 142 Å². The third kappa shape index (κ3) is 17.9. The van der Waals surface area contributed by atoms with Crippen LogP contribution in [0.5, 0.6) is 11.5 Å². The molecule has 10 rings (SSSR count). The Bertz CT molecular complexity index is 2580. The second-order valence-corrected chi connectivity index (χ2v) is 18.1. The number of anilines is 2. The van der Waals surface area contributed by atoms with E-state index in [-0.39, 0.29) is 74.0 Å². The summed E-state index contributed by atoms with van der Waals surface area (Å²) in [6.07, 6.45) is 12.2. The maximum Gasteiger partial charge on any atom is 0.160 e. The molecule has 0 amide bonds. The van der Waals surface area contributed by atoms with Gasteiger partial charge >= 0.3 is 0 Å². The SMILES string of the molecule is Cl.O.O=C1C=Cc2ccc(OCCCCN3CCN(c4cccc5sccc45)CC3)cc2C1.O=CCCCOc1ccc2c(c1)CC(=O)C=C2.[CH2-]I.[CH3-].[V].[V].c1cc(N2CCNCC2)c2ccsc2c1. The van der Waals surface area contributed by atoms with Crippen LogP contribution in [0.1, 0.15) is 47.9 Å². The molecule has 0 bridgehead atoms. The molecule has 2 aliphatic carbocycles. The number of thiophene rings is 2. The maximum absolute atomic E-state index is 11.6. The van der Waals surface area contributed by atoms with Gasteiger partial charge in [0.2, 0.25) is 0 Å². The van der Waals surface area contributed by atoms with E-state index in [1.54, 1.807) is 12.2 Å². The fourth-order valence-corrected chi connectivity index (χ4v) is 10.1. The second kappa shape index (κ2) is 33.3. The van der Waals surface area contributed by atoms with Crippen LogP contribution >= 0.6 is 57.7 Å². The number of aldehydes is 1. The predicted molar refractivity (Wildman–Crippen MR) is 298 cm³/mol. The summed E-state index contributed by atoms with van der Waals surface area (Å²) in [5.74, 6) is 1.92. The predicted octanol–water partition coefficient (Wildman–Crippen LogP) is 10.8. The minimum atomic E-state index is 0. The van der Waals surface area contributed by atoms with E-state index in [4.69, 9.17) is 9.47 Å². The van der Waals surface area contributed by atoms with Crippen molar-refractivity contribution in [2.75, 3.05) is 81.9 Å². The first-order chi connectivity index (χ1) is 32.0. The Kier molecular flexibility index (Phi) is 29.8. The number of piperazine rings is 2. The van der Waals surface area contributed by atoms with Crippen LogP contribution in [0, 0.1) is 12.4 Å². The number of ketones is 2. The fraction of sp³-hybridized carbons (Fsp3) is 0.315. The molecule has 3 N–H and O–H groups in total. The minimum Gasteiger partial charge on any atom is -0.494 e. The summed E-state index contributed by atoms with van der Waals surface area (Å²) in [4.78, 5) is 43.8. The van der Waals surface area contributed by atoms with Crippen molar-refractivity contribution in [1.82, 2.24) is 10.2 Å². The molecule has 10 nitrogen and oxygen atoms in total. The number of hydrogen-bond acceptors (Lipinski definition) is 11. The molecule has 4 heterocycles. The summed E-state index contributed by atoms with van der Waals surface area (Å²) >= 11 is 5.54. The molecule has 16 heteroatoms. The van der Waals surface area contributed by atoms with Crippen molar-refractivity contribution in [3.8, 4) is 11.5 Å². The van der Waals surface area contributed by atoms with Crippen LogP contribution in [0.3, 0.4) is 0 Å². The summed E-state index contributed by atoms with van der Waals surface area (Å²) in [5.41, 5.74) is 7.06. The normalized spacial score (nSPS) is 14.4. The summed E-state index contributed by atoms with van der Waals surface area (Å²) in [7, 11) is 0. The van der Waals surface area contributed by atoms with Crippen LogP contribution < -0.4 is 24.6 Å². The fourth-order valence-electron chi connectivity index (χ4n) is 8.44. The molecule has 70 heavy (non-hydrogen) atoms. The molecule has 6 aromatic rings. The average Bonchev–Trinajstić information content (AvgIpc) is 4.05. The van der Waals surface area contributed by atoms with Gasteiger partial charge in [0.15, 0.2) is 11.6 Å². The van der Waals surface area contributed by atoms with Gasteiger partial charge in [-0.1, -0.05) is 36.4 Å². The molecular weight excluding hydrogens is 1130 g/mol. The molecule has 0 unspecified atom stereocenters. The van der Waals surface area contributed by atoms with Gasteiger partial charge in [-0.2, -0.15) is 0 Å². The van der Waals surface area contributed by atoms with E-state index in [1.165, 1.54) is 31.5 Å². The molecule has 4 aromatic carbocycles. The van der Waals surface area contributed by atoms with Gasteiger partial charge in [0.25, 0.3) is 0 Å². The molecule has 0 atom stereocenters. The number of rotatable bonds is 13. The first-order valence-corrected chi connectivity index (χ1v) is 25.8. The van der Waals surface area contributed by atoms with Gasteiger partial charge in [0, 0.05) is 140 Å². The summed E-state index contributed by atoms with van der Waals surface area (Å²) < 4.78 is 14.2. The van der Waals surface area contributed by atoms with E-state index in [1.807, 2.05) is 93.8 Å². The van der Waals surface area contributed by atoms with Crippen LogP contribution in [0.15, 0.2) is 108 Å². The molecule has 2 aliphatic heterocycles. The zero-order valence-corrected chi connectivity index (χ0v) is 47.1. The standard InChI is InChI=1S/C26H28N2O2S.C14H14O3.C12H14N2S.CH2I.CH3.ClH.H2O.2V/c29-22-8-6-20-7-9-23(19-21(20)18-22)30-16-2-1-11-27-12-14-28(15-13-27)25-4-3-5-26-24(25)10-17-31-26;15-7-1-2-8-17-14-6-4-11-3-5-13(16)9-12(11)10-14;1-2-11(14-7-5-13-6-8-14)10-4-9-15-12(10)3-1;1-2;;;;;/h3-10,17,19H,1-2,11-16,18H2;3-7,10H,1-2,8-9H2;1-4,9,13H,5-8H2;1H2;1H3;1H;1H2;;/q;;;2*-1;;;;. The number of benzene rings is 4. The number of carbonyl (C=O) groups excluding carboxylic acids is 3. The Labute approximate surface area is 466 Å². The zero-order valence-electron chi connectivity index (χ0n) is 39.7. The first-order valence-electron chi connectivity index (χ1n) is 22.5. The van der Waals surface area contributed by atoms with Gasteiger partial charge in [0.1, 0.15) is 17.8 Å². The molecule has 2 fully saturated rings. The topological polar surface area (TPSA) is 123 Å². The largest absolute Gasteiger partial charge is 0.494 e. The van der Waals surface area contributed by atoms with Crippen molar-refractivity contribution in [1.29, 1.82) is 0 Å². The Morgan fingerprint density at radius 3 is 1.61 bits per heavy atom. The first kappa shape index (κ1) is 62.7. The quantitative estimate of drug-likeness (QED) is 0.0521. The van der Waals surface area contributed by atoms with Crippen molar-refractivity contribution in [2.24, 2.45) is 0 Å². The number of ether oxygens (including phenoxy) is 2. The number of fused-ring (bicyclic) bond motifs is 4. The third-order valence-electron chi connectivity index (χ3n) is 11.8. The van der Waals surface area contributed by atoms with E-state index in [2.05, 4.69) is 84.2 Å². The van der Waals surface area contributed by atoms with E-state index in [0.29, 0.717) is 25.9 Å². The third-order valence-corrected chi connectivity index (χ3v) is 13.6. The Balaban J connectivity index is 0.000000369. The number of halogens is 2. The number of nitrogens with one attached hydrogen (secondary N) is 1. The van der Waals surface area contributed by atoms with E-state index >= 15 is 0 Å². The molecule has 4 aliphatic rings. The second-order valence-electron chi connectivity index (χ2n) is 16.2. The van der Waals surface area contributed by atoms with Gasteiger partial charge < -0.3 is 64.9 Å². The van der Waals surface area contributed by atoms with Crippen LogP contribution in [0.25, 0.3) is 32.3 Å². The van der Waals surface area contributed by atoms with Crippen molar-refractivity contribution in [3.63, 3.8) is 0 Å². The summed E-state index contributed by atoms with van der Waals surface area (Å²) in [6, 6.07) is 29.5.